The highest BCUT2D eigenvalue weighted by molar-refractivity contribution is 5.95. The number of amides is 2. The fourth-order valence-corrected chi connectivity index (χ4v) is 1.89. The van der Waals surface area contributed by atoms with Gasteiger partial charge in [-0.25, -0.2) is 4.98 Å². The summed E-state index contributed by atoms with van der Waals surface area (Å²) >= 11 is 0. The quantitative estimate of drug-likeness (QED) is 0.695. The monoisotopic (exact) mass is 278 g/mol. The molecular formula is C14H22N4O2. The lowest BCUT2D eigenvalue weighted by molar-refractivity contribution is -0.118. The maximum atomic E-state index is 12.1. The fourth-order valence-electron chi connectivity index (χ4n) is 1.89. The first kappa shape index (κ1) is 15.9. The lowest BCUT2D eigenvalue weighted by Gasteiger charge is -2.13. The van der Waals surface area contributed by atoms with Crippen LogP contribution >= 0.6 is 0 Å². The first-order chi connectivity index (χ1) is 9.46. The molecule has 6 nitrogen and oxygen atoms in total. The van der Waals surface area contributed by atoms with E-state index in [1.165, 1.54) is 0 Å². The summed E-state index contributed by atoms with van der Waals surface area (Å²) in [7, 11) is 1.76. The van der Waals surface area contributed by atoms with Crippen LogP contribution in [0.25, 0.3) is 0 Å². The van der Waals surface area contributed by atoms with Gasteiger partial charge in [-0.1, -0.05) is 13.3 Å². The molecule has 0 spiro atoms. The Labute approximate surface area is 119 Å². The SMILES string of the molecule is CCCc1cc(C(=O)NC(C)CC(N)=O)cc(NC)n1. The Hall–Kier alpha value is -2.11. The summed E-state index contributed by atoms with van der Waals surface area (Å²) in [6.07, 6.45) is 1.89. The number of hydrogen-bond donors (Lipinski definition) is 3. The maximum Gasteiger partial charge on any atom is 0.251 e. The van der Waals surface area contributed by atoms with Gasteiger partial charge in [-0.3, -0.25) is 9.59 Å². The highest BCUT2D eigenvalue weighted by Gasteiger charge is 2.13. The largest absolute Gasteiger partial charge is 0.373 e. The Balaban J connectivity index is 2.85. The number of rotatable bonds is 7. The third-order valence-electron chi connectivity index (χ3n) is 2.79. The van der Waals surface area contributed by atoms with Gasteiger partial charge in [-0.05, 0) is 25.5 Å². The molecule has 1 aromatic rings. The van der Waals surface area contributed by atoms with E-state index in [0.717, 1.165) is 18.5 Å². The predicted octanol–water partition coefficient (Wildman–Crippen LogP) is 1.07. The molecule has 0 aliphatic carbocycles. The van der Waals surface area contributed by atoms with Crippen molar-refractivity contribution in [1.29, 1.82) is 0 Å². The van der Waals surface area contributed by atoms with Gasteiger partial charge in [0.05, 0.1) is 0 Å². The fraction of sp³-hybridized carbons (Fsp3) is 0.500. The minimum Gasteiger partial charge on any atom is -0.373 e. The van der Waals surface area contributed by atoms with Crippen molar-refractivity contribution in [3.05, 3.63) is 23.4 Å². The zero-order chi connectivity index (χ0) is 15.1. The number of pyridine rings is 1. The van der Waals surface area contributed by atoms with Crippen LogP contribution in [0.4, 0.5) is 5.82 Å². The van der Waals surface area contributed by atoms with Crippen molar-refractivity contribution in [3.63, 3.8) is 0 Å². The summed E-state index contributed by atoms with van der Waals surface area (Å²) in [5.74, 6) is -0.00577. The van der Waals surface area contributed by atoms with Gasteiger partial charge in [0.1, 0.15) is 5.82 Å². The normalized spacial score (nSPS) is 11.8. The highest BCUT2D eigenvalue weighted by atomic mass is 16.2. The van der Waals surface area contributed by atoms with Crippen molar-refractivity contribution in [1.82, 2.24) is 10.3 Å². The average molecular weight is 278 g/mol. The molecule has 110 valence electrons. The molecule has 20 heavy (non-hydrogen) atoms. The van der Waals surface area contributed by atoms with E-state index in [-0.39, 0.29) is 18.4 Å². The van der Waals surface area contributed by atoms with Crippen molar-refractivity contribution < 1.29 is 9.59 Å². The van der Waals surface area contributed by atoms with E-state index >= 15 is 0 Å². The van der Waals surface area contributed by atoms with E-state index in [0.29, 0.717) is 11.4 Å². The van der Waals surface area contributed by atoms with Crippen LogP contribution in [-0.2, 0) is 11.2 Å². The Morgan fingerprint density at radius 1 is 1.40 bits per heavy atom. The summed E-state index contributed by atoms with van der Waals surface area (Å²) < 4.78 is 0. The number of carbonyl (C=O) groups excluding carboxylic acids is 2. The van der Waals surface area contributed by atoms with Gasteiger partial charge in [0, 0.05) is 30.8 Å². The van der Waals surface area contributed by atoms with Gasteiger partial charge in [0.15, 0.2) is 0 Å². The average Bonchev–Trinajstić information content (AvgIpc) is 2.37. The van der Waals surface area contributed by atoms with E-state index in [1.807, 2.05) is 0 Å². The third-order valence-corrected chi connectivity index (χ3v) is 2.79. The highest BCUT2D eigenvalue weighted by Crippen LogP contribution is 2.12. The molecular weight excluding hydrogens is 256 g/mol. The zero-order valence-electron chi connectivity index (χ0n) is 12.2. The summed E-state index contributed by atoms with van der Waals surface area (Å²) in [6.45, 7) is 3.80. The van der Waals surface area contributed by atoms with Crippen LogP contribution in [0.2, 0.25) is 0 Å². The number of aromatic nitrogens is 1. The number of hydrogen-bond acceptors (Lipinski definition) is 4. The number of nitrogens with one attached hydrogen (secondary N) is 2. The number of aryl methyl sites for hydroxylation is 1. The summed E-state index contributed by atoms with van der Waals surface area (Å²) in [4.78, 5) is 27.3. The van der Waals surface area contributed by atoms with Crippen LogP contribution in [0.5, 0.6) is 0 Å². The standard InChI is InChI=1S/C14H22N4O2/c1-4-5-11-7-10(8-13(16-3)18-11)14(20)17-9(2)6-12(15)19/h7-9H,4-6H2,1-3H3,(H2,15,19)(H,16,18)(H,17,20). The second kappa shape index (κ2) is 7.47. The lowest BCUT2D eigenvalue weighted by Crippen LogP contribution is -2.35. The Kier molecular flexibility index (Phi) is 5.96. The molecule has 0 aliphatic heterocycles. The molecule has 0 saturated heterocycles. The molecule has 0 fully saturated rings. The molecule has 6 heteroatoms. The second-order valence-corrected chi connectivity index (χ2v) is 4.78. The second-order valence-electron chi connectivity index (χ2n) is 4.78. The molecule has 0 aliphatic rings. The van der Waals surface area contributed by atoms with Crippen LogP contribution in [0.15, 0.2) is 12.1 Å². The molecule has 0 aromatic carbocycles. The Morgan fingerprint density at radius 2 is 2.10 bits per heavy atom. The van der Waals surface area contributed by atoms with Crippen molar-refractivity contribution >= 4 is 17.6 Å². The van der Waals surface area contributed by atoms with E-state index in [9.17, 15) is 9.59 Å². The van der Waals surface area contributed by atoms with Gasteiger partial charge in [0.25, 0.3) is 5.91 Å². The Bertz CT molecular complexity index is 488. The Morgan fingerprint density at radius 3 is 2.65 bits per heavy atom. The molecule has 0 saturated carbocycles. The van der Waals surface area contributed by atoms with Crippen molar-refractivity contribution in [2.24, 2.45) is 5.73 Å². The molecule has 1 aromatic heterocycles. The summed E-state index contributed by atoms with van der Waals surface area (Å²) in [6, 6.07) is 3.17. The predicted molar refractivity (Wildman–Crippen MR) is 78.5 cm³/mol. The topological polar surface area (TPSA) is 97.1 Å². The van der Waals surface area contributed by atoms with E-state index in [4.69, 9.17) is 5.73 Å². The van der Waals surface area contributed by atoms with Crippen molar-refractivity contribution in [2.75, 3.05) is 12.4 Å². The summed E-state index contributed by atoms with van der Waals surface area (Å²) in [5.41, 5.74) is 6.51. The van der Waals surface area contributed by atoms with E-state index in [1.54, 1.807) is 26.1 Å². The molecule has 0 radical (unpaired) electrons. The van der Waals surface area contributed by atoms with Crippen molar-refractivity contribution in [2.45, 2.75) is 39.2 Å². The molecule has 2 amide bonds. The number of primary amides is 1. The number of carbonyl (C=O) groups is 2. The van der Waals surface area contributed by atoms with Crippen LogP contribution in [-0.4, -0.2) is 29.9 Å². The number of nitrogens with two attached hydrogens (primary N) is 1. The van der Waals surface area contributed by atoms with Crippen molar-refractivity contribution in [3.8, 4) is 0 Å². The smallest absolute Gasteiger partial charge is 0.251 e. The lowest BCUT2D eigenvalue weighted by atomic mass is 10.1. The van der Waals surface area contributed by atoms with Gasteiger partial charge in [0.2, 0.25) is 5.91 Å². The van der Waals surface area contributed by atoms with Gasteiger partial charge < -0.3 is 16.4 Å². The molecule has 1 atom stereocenters. The molecule has 1 heterocycles. The molecule has 1 rings (SSSR count). The van der Waals surface area contributed by atoms with Crippen LogP contribution in [0, 0.1) is 0 Å². The van der Waals surface area contributed by atoms with E-state index < -0.39 is 5.91 Å². The van der Waals surface area contributed by atoms with Crippen LogP contribution in [0.1, 0.15) is 42.7 Å². The van der Waals surface area contributed by atoms with Crippen LogP contribution in [0.3, 0.4) is 0 Å². The van der Waals surface area contributed by atoms with Crippen LogP contribution < -0.4 is 16.4 Å². The summed E-state index contributed by atoms with van der Waals surface area (Å²) in [5, 5.41) is 5.69. The maximum absolute atomic E-state index is 12.1. The minimum atomic E-state index is -0.435. The van der Waals surface area contributed by atoms with E-state index in [2.05, 4.69) is 22.5 Å². The molecule has 4 N–H and O–H groups in total. The van der Waals surface area contributed by atoms with Gasteiger partial charge in [-0.2, -0.15) is 0 Å². The minimum absolute atomic E-state index is 0.123. The number of anilines is 1. The molecule has 1 unspecified atom stereocenters. The zero-order valence-corrected chi connectivity index (χ0v) is 12.2. The van der Waals surface area contributed by atoms with Gasteiger partial charge >= 0.3 is 0 Å². The first-order valence-corrected chi connectivity index (χ1v) is 6.74. The number of nitrogens with zero attached hydrogens (tertiary/aromatic N) is 1. The molecule has 0 bridgehead atoms. The van der Waals surface area contributed by atoms with Gasteiger partial charge in [-0.15, -0.1) is 0 Å². The first-order valence-electron chi connectivity index (χ1n) is 6.74. The third kappa shape index (κ3) is 4.87.